The molecule has 1 heterocycles. The number of ether oxygens (including phenoxy) is 1. The topological polar surface area (TPSA) is 88.1 Å². The Kier molecular flexibility index (Phi) is 9.81. The van der Waals surface area contributed by atoms with Crippen molar-refractivity contribution >= 4 is 35.1 Å². The lowest BCUT2D eigenvalue weighted by Crippen LogP contribution is -2.51. The first-order chi connectivity index (χ1) is 19.8. The number of nitrogens with one attached hydrogen (secondary N) is 1. The number of aliphatic imine (C=N–C) groups is 1. The Balaban J connectivity index is 1.54. The summed E-state index contributed by atoms with van der Waals surface area (Å²) in [6.45, 7) is 12.3. The zero-order valence-corrected chi connectivity index (χ0v) is 26.5. The molecule has 1 fully saturated rings. The van der Waals surface area contributed by atoms with Gasteiger partial charge in [-0.15, -0.1) is 0 Å². The van der Waals surface area contributed by atoms with Crippen molar-refractivity contribution < 1.29 is 19.1 Å². The molecule has 1 unspecified atom stereocenters. The lowest BCUT2D eigenvalue weighted by Gasteiger charge is -2.46. The van der Waals surface area contributed by atoms with E-state index in [1.807, 2.05) is 56.0 Å². The highest BCUT2D eigenvalue weighted by Crippen LogP contribution is 2.47. The molecule has 1 saturated carbocycles. The predicted molar refractivity (Wildman–Crippen MR) is 167 cm³/mol. The highest BCUT2D eigenvalue weighted by atomic mass is 35.5. The van der Waals surface area contributed by atoms with E-state index >= 15 is 0 Å². The van der Waals surface area contributed by atoms with Gasteiger partial charge in [0.2, 0.25) is 0 Å². The zero-order valence-electron chi connectivity index (χ0n) is 25.7. The summed E-state index contributed by atoms with van der Waals surface area (Å²) in [5.41, 5.74) is 1.51. The molecule has 0 aromatic heterocycles. The van der Waals surface area contributed by atoms with Gasteiger partial charge in [-0.25, -0.2) is 0 Å². The Bertz CT molecular complexity index is 1320. The van der Waals surface area contributed by atoms with Crippen LogP contribution in [0.5, 0.6) is 0 Å². The Morgan fingerprint density at radius 2 is 1.79 bits per heavy atom. The molecule has 4 rings (SSSR count). The molecule has 1 N–H and O–H groups in total. The summed E-state index contributed by atoms with van der Waals surface area (Å²) in [4.78, 5) is 46.1. The average Bonchev–Trinajstić information content (AvgIpc) is 3.20. The van der Waals surface area contributed by atoms with Crippen LogP contribution in [0.3, 0.4) is 0 Å². The molecule has 2 aliphatic rings. The number of hydrogen-bond acceptors (Lipinski definition) is 5. The van der Waals surface area contributed by atoms with Crippen LogP contribution in [0.4, 0.5) is 0 Å². The van der Waals surface area contributed by atoms with Crippen LogP contribution in [0, 0.1) is 11.8 Å². The Morgan fingerprint density at radius 3 is 2.36 bits per heavy atom. The molecule has 226 valence electrons. The summed E-state index contributed by atoms with van der Waals surface area (Å²) >= 11 is 6.30. The maximum absolute atomic E-state index is 14.2. The first-order valence-electron chi connectivity index (χ1n) is 15.1. The number of amides is 2. The fraction of sp³-hybridized carbons (Fsp3) is 0.529. The molecule has 7 nitrogen and oxygen atoms in total. The van der Waals surface area contributed by atoms with Crippen LogP contribution in [-0.4, -0.2) is 46.2 Å². The molecule has 2 aromatic carbocycles. The summed E-state index contributed by atoms with van der Waals surface area (Å²) in [6.07, 6.45) is 4.49. The molecule has 0 saturated heterocycles. The van der Waals surface area contributed by atoms with E-state index in [0.29, 0.717) is 34.6 Å². The van der Waals surface area contributed by atoms with Crippen LogP contribution in [-0.2, 0) is 14.3 Å². The molecule has 1 aliphatic carbocycles. The van der Waals surface area contributed by atoms with Gasteiger partial charge in [0.1, 0.15) is 17.0 Å². The molecule has 0 bridgehead atoms. The van der Waals surface area contributed by atoms with Gasteiger partial charge >= 0.3 is 5.97 Å². The second-order valence-corrected chi connectivity index (χ2v) is 13.3. The molecule has 2 amide bonds. The highest BCUT2D eigenvalue weighted by Gasteiger charge is 2.51. The Hall–Kier alpha value is -3.19. The largest absolute Gasteiger partial charge is 0.460 e. The molecule has 8 heteroatoms. The molecular formula is C34H44ClN3O4. The smallest absolute Gasteiger partial charge is 0.308 e. The quantitative estimate of drug-likeness (QED) is 0.313. The van der Waals surface area contributed by atoms with Crippen LogP contribution in [0.15, 0.2) is 53.5 Å². The van der Waals surface area contributed by atoms with Crippen LogP contribution in [0.25, 0.3) is 0 Å². The number of halogens is 1. The monoisotopic (exact) mass is 593 g/mol. The lowest BCUT2D eigenvalue weighted by atomic mass is 9.76. The van der Waals surface area contributed by atoms with Gasteiger partial charge in [-0.1, -0.05) is 56.6 Å². The van der Waals surface area contributed by atoms with Crippen molar-refractivity contribution in [1.82, 2.24) is 10.2 Å². The van der Waals surface area contributed by atoms with Gasteiger partial charge in [-0.3, -0.25) is 19.4 Å². The van der Waals surface area contributed by atoms with E-state index < -0.39 is 11.3 Å². The molecular weight excluding hydrogens is 550 g/mol. The second-order valence-electron chi connectivity index (χ2n) is 12.8. The maximum atomic E-state index is 14.2. The standard InChI is InChI=1S/C34H44ClN3O4/c1-7-28(24-11-13-25(14-12-24)31(40)36-20-17-29(39)42-33(4,5)6)38-32(41)30(26-9-8-10-27(35)21-26)37-34(38)18-15-23(16-19-34)22(2)3/h8-14,21-23,28H,7,15-20H2,1-6H3,(H,36,40). The number of benzene rings is 2. The van der Waals surface area contributed by atoms with Crippen molar-refractivity contribution in [2.75, 3.05) is 6.54 Å². The SMILES string of the molecule is CCC(c1ccc(C(=O)NCCC(=O)OC(C)(C)C)cc1)N1C(=O)C(c2cccc(Cl)c2)=NC12CCC(C(C)C)CC2. The molecule has 1 spiro atoms. The van der Waals surface area contributed by atoms with Crippen molar-refractivity contribution in [2.45, 2.75) is 97.4 Å². The van der Waals surface area contributed by atoms with Crippen molar-refractivity contribution in [3.63, 3.8) is 0 Å². The van der Waals surface area contributed by atoms with E-state index in [4.69, 9.17) is 21.3 Å². The van der Waals surface area contributed by atoms with Gasteiger partial charge in [0, 0.05) is 22.7 Å². The summed E-state index contributed by atoms with van der Waals surface area (Å²) in [7, 11) is 0. The minimum Gasteiger partial charge on any atom is -0.460 e. The van der Waals surface area contributed by atoms with Crippen molar-refractivity contribution in [1.29, 1.82) is 0 Å². The van der Waals surface area contributed by atoms with Gasteiger partial charge in [-0.2, -0.15) is 0 Å². The molecule has 2 aromatic rings. The van der Waals surface area contributed by atoms with Crippen molar-refractivity contribution in [3.05, 3.63) is 70.2 Å². The van der Waals surface area contributed by atoms with E-state index in [-0.39, 0.29) is 36.8 Å². The van der Waals surface area contributed by atoms with Crippen LogP contribution < -0.4 is 5.32 Å². The van der Waals surface area contributed by atoms with Crippen molar-refractivity contribution in [3.8, 4) is 0 Å². The third-order valence-electron chi connectivity index (χ3n) is 8.35. The molecule has 1 aliphatic heterocycles. The summed E-state index contributed by atoms with van der Waals surface area (Å²) in [5.74, 6) is 0.525. The third kappa shape index (κ3) is 7.23. The van der Waals surface area contributed by atoms with E-state index in [9.17, 15) is 14.4 Å². The van der Waals surface area contributed by atoms with Gasteiger partial charge in [-0.05, 0) is 94.5 Å². The number of hydrogen-bond donors (Lipinski definition) is 1. The normalized spacial score (nSPS) is 21.4. The zero-order chi connectivity index (χ0) is 30.7. The van der Waals surface area contributed by atoms with E-state index in [1.54, 1.807) is 18.2 Å². The van der Waals surface area contributed by atoms with E-state index in [0.717, 1.165) is 36.8 Å². The number of nitrogens with zero attached hydrogens (tertiary/aromatic N) is 2. The molecule has 0 radical (unpaired) electrons. The Morgan fingerprint density at radius 1 is 1.12 bits per heavy atom. The first-order valence-corrected chi connectivity index (χ1v) is 15.5. The number of rotatable bonds is 9. The third-order valence-corrected chi connectivity index (χ3v) is 8.59. The number of carbonyl (C=O) groups is 3. The lowest BCUT2D eigenvalue weighted by molar-refractivity contribution is -0.154. The van der Waals surface area contributed by atoms with Gasteiger partial charge in [0.15, 0.2) is 0 Å². The minimum atomic E-state index is -0.599. The van der Waals surface area contributed by atoms with Crippen molar-refractivity contribution in [2.24, 2.45) is 16.8 Å². The molecule has 42 heavy (non-hydrogen) atoms. The second kappa shape index (κ2) is 13.0. The van der Waals surface area contributed by atoms with E-state index in [2.05, 4.69) is 26.1 Å². The van der Waals surface area contributed by atoms with Gasteiger partial charge < -0.3 is 15.0 Å². The number of esters is 1. The fourth-order valence-electron chi connectivity index (χ4n) is 6.19. The summed E-state index contributed by atoms with van der Waals surface area (Å²) in [5, 5.41) is 3.37. The van der Waals surface area contributed by atoms with Gasteiger partial charge in [0.05, 0.1) is 12.5 Å². The van der Waals surface area contributed by atoms with Crippen LogP contribution in [0.1, 0.15) is 108 Å². The first kappa shape index (κ1) is 31.7. The summed E-state index contributed by atoms with van der Waals surface area (Å²) in [6, 6.07) is 14.6. The van der Waals surface area contributed by atoms with Crippen LogP contribution in [0.2, 0.25) is 5.02 Å². The minimum absolute atomic E-state index is 0.0731. The maximum Gasteiger partial charge on any atom is 0.308 e. The molecule has 1 atom stereocenters. The highest BCUT2D eigenvalue weighted by molar-refractivity contribution is 6.47. The average molecular weight is 594 g/mol. The predicted octanol–water partition coefficient (Wildman–Crippen LogP) is 7.13. The fourth-order valence-corrected chi connectivity index (χ4v) is 6.38. The van der Waals surface area contributed by atoms with Crippen LogP contribution >= 0.6 is 11.6 Å². The summed E-state index contributed by atoms with van der Waals surface area (Å²) < 4.78 is 5.31. The number of carbonyl (C=O) groups excluding carboxylic acids is 3. The van der Waals surface area contributed by atoms with Gasteiger partial charge in [0.25, 0.3) is 11.8 Å². The van der Waals surface area contributed by atoms with E-state index in [1.165, 1.54) is 0 Å². The Labute approximate surface area is 255 Å².